The Hall–Kier alpha value is -2.30. The van der Waals surface area contributed by atoms with Gasteiger partial charge in [0.2, 0.25) is 5.91 Å². The summed E-state index contributed by atoms with van der Waals surface area (Å²) in [6.45, 7) is 1.83. The number of anilines is 1. The maximum atomic E-state index is 12.2. The fourth-order valence-corrected chi connectivity index (χ4v) is 3.69. The fourth-order valence-electron chi connectivity index (χ4n) is 3.69. The lowest BCUT2D eigenvalue weighted by atomic mass is 9.84. The highest BCUT2D eigenvalue weighted by atomic mass is 16.5. The van der Waals surface area contributed by atoms with Gasteiger partial charge in [0, 0.05) is 30.4 Å². The molecule has 5 heteroatoms. The number of rotatable bonds is 4. The highest BCUT2D eigenvalue weighted by Gasteiger charge is 2.29. The predicted molar refractivity (Wildman–Crippen MR) is 99.0 cm³/mol. The molecule has 1 aromatic heterocycles. The zero-order chi connectivity index (χ0) is 17.2. The van der Waals surface area contributed by atoms with Crippen molar-refractivity contribution >= 4 is 22.6 Å². The molecule has 1 atom stereocenters. The molecule has 4 rings (SSSR count). The highest BCUT2D eigenvalue weighted by molar-refractivity contribution is 5.82. The Morgan fingerprint density at radius 1 is 1.20 bits per heavy atom. The van der Waals surface area contributed by atoms with Crippen LogP contribution in [0.2, 0.25) is 0 Å². The summed E-state index contributed by atoms with van der Waals surface area (Å²) in [5.74, 6) is 2.33. The van der Waals surface area contributed by atoms with Crippen molar-refractivity contribution in [2.45, 2.75) is 38.1 Å². The first kappa shape index (κ1) is 16.2. The summed E-state index contributed by atoms with van der Waals surface area (Å²) in [5.41, 5.74) is 0.971. The molecule has 0 radical (unpaired) electrons. The smallest absolute Gasteiger partial charge is 0.223 e. The normalized spacial score (nSPS) is 21.0. The van der Waals surface area contributed by atoms with Gasteiger partial charge in [-0.1, -0.05) is 6.42 Å². The van der Waals surface area contributed by atoms with Crippen molar-refractivity contribution in [2.24, 2.45) is 5.92 Å². The van der Waals surface area contributed by atoms with Gasteiger partial charge in [0.05, 0.1) is 12.6 Å². The zero-order valence-electron chi connectivity index (χ0n) is 14.7. The number of amides is 1. The third-order valence-corrected chi connectivity index (χ3v) is 5.45. The molecule has 0 spiro atoms. The second-order valence-corrected chi connectivity index (χ2v) is 7.15. The molecule has 5 nitrogen and oxygen atoms in total. The summed E-state index contributed by atoms with van der Waals surface area (Å²) in [6.07, 6.45) is 5.44. The van der Waals surface area contributed by atoms with Gasteiger partial charge in [-0.3, -0.25) is 4.79 Å². The van der Waals surface area contributed by atoms with Gasteiger partial charge < -0.3 is 15.0 Å². The van der Waals surface area contributed by atoms with E-state index >= 15 is 0 Å². The van der Waals surface area contributed by atoms with Crippen molar-refractivity contribution in [2.75, 3.05) is 25.1 Å². The number of benzene rings is 1. The lowest BCUT2D eigenvalue weighted by molar-refractivity contribution is -0.128. The van der Waals surface area contributed by atoms with Gasteiger partial charge in [-0.25, -0.2) is 4.98 Å². The van der Waals surface area contributed by atoms with Crippen LogP contribution in [-0.2, 0) is 4.79 Å². The number of nitrogens with zero attached hydrogens (tertiary/aromatic N) is 2. The Labute approximate surface area is 148 Å². The standard InChI is InChI=1S/C20H25N3O2/c1-25-17-8-9-18-15(12-17)7-10-19(22-18)23-11-3-6-16(13-23)21-20(24)14-4-2-5-14/h7-10,12,14,16H,2-6,11,13H2,1H3,(H,21,24). The van der Waals surface area contributed by atoms with Crippen LogP contribution in [-0.4, -0.2) is 37.1 Å². The van der Waals surface area contributed by atoms with Crippen LogP contribution in [0, 0.1) is 5.92 Å². The van der Waals surface area contributed by atoms with E-state index in [9.17, 15) is 4.79 Å². The number of ether oxygens (including phenoxy) is 1. The number of piperidine rings is 1. The van der Waals surface area contributed by atoms with Crippen LogP contribution in [0.4, 0.5) is 5.82 Å². The van der Waals surface area contributed by atoms with Gasteiger partial charge in [-0.2, -0.15) is 0 Å². The van der Waals surface area contributed by atoms with Gasteiger partial charge in [0.15, 0.2) is 0 Å². The molecule has 1 saturated heterocycles. The van der Waals surface area contributed by atoms with E-state index in [1.807, 2.05) is 18.2 Å². The highest BCUT2D eigenvalue weighted by Crippen LogP contribution is 2.27. The number of aromatic nitrogens is 1. The topological polar surface area (TPSA) is 54.5 Å². The van der Waals surface area contributed by atoms with Gasteiger partial charge >= 0.3 is 0 Å². The Morgan fingerprint density at radius 2 is 2.08 bits per heavy atom. The minimum Gasteiger partial charge on any atom is -0.497 e. The summed E-state index contributed by atoms with van der Waals surface area (Å²) in [7, 11) is 1.68. The second kappa shape index (κ2) is 6.90. The summed E-state index contributed by atoms with van der Waals surface area (Å²) in [5, 5.41) is 4.33. The van der Waals surface area contributed by atoms with E-state index in [2.05, 4.69) is 22.3 Å². The Bertz CT molecular complexity index is 773. The van der Waals surface area contributed by atoms with E-state index in [4.69, 9.17) is 9.72 Å². The third kappa shape index (κ3) is 3.41. The minimum absolute atomic E-state index is 0.232. The van der Waals surface area contributed by atoms with Crippen molar-refractivity contribution in [1.29, 1.82) is 0 Å². The van der Waals surface area contributed by atoms with Gasteiger partial charge in [0.25, 0.3) is 0 Å². The van der Waals surface area contributed by atoms with Crippen LogP contribution in [0.25, 0.3) is 10.9 Å². The minimum atomic E-state index is 0.232. The first-order chi connectivity index (χ1) is 12.2. The number of nitrogens with one attached hydrogen (secondary N) is 1. The molecule has 25 heavy (non-hydrogen) atoms. The van der Waals surface area contributed by atoms with Crippen LogP contribution in [0.5, 0.6) is 5.75 Å². The van der Waals surface area contributed by atoms with Crippen molar-refractivity contribution in [3.8, 4) is 5.75 Å². The largest absolute Gasteiger partial charge is 0.497 e. The van der Waals surface area contributed by atoms with E-state index in [-0.39, 0.29) is 17.9 Å². The maximum absolute atomic E-state index is 12.2. The van der Waals surface area contributed by atoms with Crippen LogP contribution in [0.15, 0.2) is 30.3 Å². The molecular formula is C20H25N3O2. The number of hydrogen-bond donors (Lipinski definition) is 1. The van der Waals surface area contributed by atoms with E-state index in [1.165, 1.54) is 6.42 Å². The van der Waals surface area contributed by atoms with Crippen molar-refractivity contribution in [3.05, 3.63) is 30.3 Å². The monoisotopic (exact) mass is 339 g/mol. The molecule has 1 aliphatic carbocycles. The average Bonchev–Trinajstić information content (AvgIpc) is 2.59. The molecule has 1 aliphatic heterocycles. The molecule has 1 saturated carbocycles. The quantitative estimate of drug-likeness (QED) is 0.930. The molecule has 2 fully saturated rings. The summed E-state index contributed by atoms with van der Waals surface area (Å²) in [4.78, 5) is 19.3. The maximum Gasteiger partial charge on any atom is 0.223 e. The first-order valence-corrected chi connectivity index (χ1v) is 9.23. The molecule has 1 unspecified atom stereocenters. The van der Waals surface area contributed by atoms with Crippen molar-refractivity contribution in [1.82, 2.24) is 10.3 Å². The first-order valence-electron chi connectivity index (χ1n) is 9.23. The van der Waals surface area contributed by atoms with Crippen LogP contribution < -0.4 is 15.0 Å². The van der Waals surface area contributed by atoms with Crippen molar-refractivity contribution in [3.63, 3.8) is 0 Å². The molecule has 2 aliphatic rings. The number of carbonyl (C=O) groups is 1. The van der Waals surface area contributed by atoms with Crippen LogP contribution in [0.3, 0.4) is 0 Å². The average molecular weight is 339 g/mol. The Kier molecular flexibility index (Phi) is 4.47. The Balaban J connectivity index is 1.46. The predicted octanol–water partition coefficient (Wildman–Crippen LogP) is 3.13. The zero-order valence-corrected chi connectivity index (χ0v) is 14.7. The van der Waals surface area contributed by atoms with Gasteiger partial charge in [0.1, 0.15) is 11.6 Å². The van der Waals surface area contributed by atoms with Gasteiger partial charge in [-0.05, 0) is 56.0 Å². The van der Waals surface area contributed by atoms with E-state index in [0.717, 1.165) is 61.2 Å². The number of carbonyl (C=O) groups excluding carboxylic acids is 1. The lowest BCUT2D eigenvalue weighted by Gasteiger charge is -2.35. The number of pyridine rings is 1. The fraction of sp³-hybridized carbons (Fsp3) is 0.500. The molecule has 132 valence electrons. The summed E-state index contributed by atoms with van der Waals surface area (Å²) in [6, 6.07) is 10.3. The van der Waals surface area contributed by atoms with E-state index in [1.54, 1.807) is 7.11 Å². The van der Waals surface area contributed by atoms with Crippen molar-refractivity contribution < 1.29 is 9.53 Å². The Morgan fingerprint density at radius 3 is 2.84 bits per heavy atom. The summed E-state index contributed by atoms with van der Waals surface area (Å²) >= 11 is 0. The lowest BCUT2D eigenvalue weighted by Crippen LogP contribution is -2.50. The molecule has 1 N–H and O–H groups in total. The van der Waals surface area contributed by atoms with Crippen LogP contribution >= 0.6 is 0 Å². The van der Waals surface area contributed by atoms with Gasteiger partial charge in [-0.15, -0.1) is 0 Å². The van der Waals surface area contributed by atoms with E-state index < -0.39 is 0 Å². The number of fused-ring (bicyclic) bond motifs is 1. The number of methoxy groups -OCH3 is 1. The number of hydrogen-bond acceptors (Lipinski definition) is 4. The summed E-state index contributed by atoms with van der Waals surface area (Å²) < 4.78 is 5.27. The molecule has 0 bridgehead atoms. The van der Waals surface area contributed by atoms with E-state index in [0.29, 0.717) is 0 Å². The molecule has 2 aromatic rings. The second-order valence-electron chi connectivity index (χ2n) is 7.15. The SMILES string of the molecule is COc1ccc2nc(N3CCCC(NC(=O)C4CCC4)C3)ccc2c1. The molecule has 1 aromatic carbocycles. The van der Waals surface area contributed by atoms with Crippen LogP contribution in [0.1, 0.15) is 32.1 Å². The molecule has 2 heterocycles. The third-order valence-electron chi connectivity index (χ3n) is 5.45. The molecular weight excluding hydrogens is 314 g/mol. The molecule has 1 amide bonds.